The first-order chi connectivity index (χ1) is 8.62. The summed E-state index contributed by atoms with van der Waals surface area (Å²) in [5.74, 6) is 0.238. The van der Waals surface area contributed by atoms with Crippen LogP contribution < -0.4 is 4.74 Å². The van der Waals surface area contributed by atoms with Gasteiger partial charge in [0.1, 0.15) is 11.2 Å². The van der Waals surface area contributed by atoms with Gasteiger partial charge in [0.25, 0.3) is 0 Å². The van der Waals surface area contributed by atoms with Crippen molar-refractivity contribution < 1.29 is 14.3 Å². The number of thioether (sulfide) groups is 1. The predicted octanol–water partition coefficient (Wildman–Crippen LogP) is 2.68. The molecule has 0 fully saturated rings. The third kappa shape index (κ3) is 3.67. The molecular weight excluding hydrogens is 250 g/mol. The second kappa shape index (κ2) is 6.92. The number of nitrogens with zero attached hydrogens (tertiary/aromatic N) is 1. The Hall–Kier alpha value is -1.67. The number of benzene rings is 1. The second-order valence-corrected chi connectivity index (χ2v) is 4.46. The van der Waals surface area contributed by atoms with Crippen LogP contribution in [0.5, 0.6) is 5.75 Å². The van der Waals surface area contributed by atoms with E-state index in [2.05, 4.69) is 10.1 Å². The largest absolute Gasteiger partial charge is 0.482 e. The molecule has 1 aromatic rings. The molecule has 0 aliphatic carbocycles. The van der Waals surface area contributed by atoms with Gasteiger partial charge in [-0.25, -0.2) is 4.79 Å². The van der Waals surface area contributed by atoms with Gasteiger partial charge in [-0.15, -0.1) is 0 Å². The average molecular weight is 265 g/mol. The first-order valence-corrected chi connectivity index (χ1v) is 6.33. The quantitative estimate of drug-likeness (QED) is 0.465. The Morgan fingerprint density at radius 2 is 2.22 bits per heavy atom. The molecule has 1 aromatic carbocycles. The maximum absolute atomic E-state index is 11.0. The molecule has 0 aromatic heterocycles. The number of thiocyanates is 1. The van der Waals surface area contributed by atoms with Crippen molar-refractivity contribution in [2.75, 3.05) is 13.7 Å². The molecule has 0 amide bonds. The minimum atomic E-state index is -0.414. The summed E-state index contributed by atoms with van der Waals surface area (Å²) in [5, 5.41) is 10.8. The first kappa shape index (κ1) is 14.4. The van der Waals surface area contributed by atoms with E-state index in [0.29, 0.717) is 5.75 Å². The number of nitriles is 1. The van der Waals surface area contributed by atoms with Gasteiger partial charge < -0.3 is 9.47 Å². The zero-order chi connectivity index (χ0) is 13.5. The van der Waals surface area contributed by atoms with Gasteiger partial charge in [-0.1, -0.05) is 6.92 Å². The van der Waals surface area contributed by atoms with E-state index in [4.69, 9.17) is 10.00 Å². The Labute approximate surface area is 111 Å². The molecule has 18 heavy (non-hydrogen) atoms. The zero-order valence-electron chi connectivity index (χ0n) is 10.6. The second-order valence-electron chi connectivity index (χ2n) is 3.64. The Morgan fingerprint density at radius 1 is 1.50 bits per heavy atom. The number of hydrogen-bond donors (Lipinski definition) is 0. The maximum Gasteiger partial charge on any atom is 0.343 e. The lowest BCUT2D eigenvalue weighted by Crippen LogP contribution is -2.13. The molecule has 0 aliphatic heterocycles. The highest BCUT2D eigenvalue weighted by Crippen LogP contribution is 2.30. The number of hydrogen-bond acceptors (Lipinski definition) is 5. The number of esters is 1. The van der Waals surface area contributed by atoms with Crippen LogP contribution in [0.1, 0.15) is 18.1 Å². The molecule has 0 saturated carbocycles. The van der Waals surface area contributed by atoms with Gasteiger partial charge in [-0.2, -0.15) is 5.26 Å². The molecule has 1 rings (SSSR count). The van der Waals surface area contributed by atoms with E-state index in [-0.39, 0.29) is 6.61 Å². The van der Waals surface area contributed by atoms with Crippen LogP contribution in [0.4, 0.5) is 0 Å². The fourth-order valence-electron chi connectivity index (χ4n) is 1.48. The van der Waals surface area contributed by atoms with Crippen molar-refractivity contribution in [1.29, 1.82) is 5.26 Å². The number of rotatable bonds is 5. The lowest BCUT2D eigenvalue weighted by molar-refractivity contribution is -0.142. The van der Waals surface area contributed by atoms with Crippen LogP contribution in [0.25, 0.3) is 0 Å². The van der Waals surface area contributed by atoms with E-state index in [9.17, 15) is 4.79 Å². The SMILES string of the molecule is CCc1cc(OCC(=O)OC)c(C)cc1SC#N. The van der Waals surface area contributed by atoms with Crippen molar-refractivity contribution in [2.24, 2.45) is 0 Å². The average Bonchev–Trinajstić information content (AvgIpc) is 2.37. The molecule has 0 spiro atoms. The van der Waals surface area contributed by atoms with Crippen LogP contribution in [0.15, 0.2) is 17.0 Å². The third-order valence-electron chi connectivity index (χ3n) is 2.47. The Balaban J connectivity index is 2.93. The van der Waals surface area contributed by atoms with Crippen LogP contribution in [0.2, 0.25) is 0 Å². The Bertz CT molecular complexity index is 480. The molecule has 0 unspecified atom stereocenters. The number of carbonyl (C=O) groups excluding carboxylic acids is 1. The predicted molar refractivity (Wildman–Crippen MR) is 69.5 cm³/mol. The van der Waals surface area contributed by atoms with Gasteiger partial charge in [0.2, 0.25) is 0 Å². The summed E-state index contributed by atoms with van der Waals surface area (Å²) in [6.07, 6.45) is 0.804. The molecule has 0 bridgehead atoms. The summed E-state index contributed by atoms with van der Waals surface area (Å²) in [4.78, 5) is 12.0. The smallest absolute Gasteiger partial charge is 0.343 e. The number of carbonyl (C=O) groups is 1. The standard InChI is InChI=1S/C13H15NO3S/c1-4-10-6-11(17-7-13(15)16-3)9(2)5-12(10)18-8-14/h5-6H,4,7H2,1-3H3. The Kier molecular flexibility index (Phi) is 5.53. The zero-order valence-corrected chi connectivity index (χ0v) is 11.5. The highest BCUT2D eigenvalue weighted by atomic mass is 32.2. The topological polar surface area (TPSA) is 59.3 Å². The van der Waals surface area contributed by atoms with Crippen molar-refractivity contribution in [2.45, 2.75) is 25.2 Å². The molecule has 0 N–H and O–H groups in total. The molecule has 0 heterocycles. The summed E-state index contributed by atoms with van der Waals surface area (Å²) < 4.78 is 9.92. The van der Waals surface area contributed by atoms with E-state index in [1.807, 2.05) is 26.0 Å². The normalized spacial score (nSPS) is 9.67. The Morgan fingerprint density at radius 3 is 2.78 bits per heavy atom. The van der Waals surface area contributed by atoms with E-state index in [0.717, 1.165) is 34.2 Å². The summed E-state index contributed by atoms with van der Waals surface area (Å²) in [6.45, 7) is 3.79. The van der Waals surface area contributed by atoms with E-state index < -0.39 is 5.97 Å². The van der Waals surface area contributed by atoms with Gasteiger partial charge in [-0.3, -0.25) is 0 Å². The van der Waals surface area contributed by atoms with Crippen LogP contribution >= 0.6 is 11.8 Å². The first-order valence-electron chi connectivity index (χ1n) is 5.51. The fraction of sp³-hybridized carbons (Fsp3) is 0.385. The van der Waals surface area contributed by atoms with Gasteiger partial charge in [0.15, 0.2) is 6.61 Å². The van der Waals surface area contributed by atoms with Crippen molar-refractivity contribution in [1.82, 2.24) is 0 Å². The fourth-order valence-corrected chi connectivity index (χ4v) is 2.14. The van der Waals surface area contributed by atoms with Crippen LogP contribution in [-0.4, -0.2) is 19.7 Å². The molecular formula is C13H15NO3S. The van der Waals surface area contributed by atoms with Gasteiger partial charge in [0.05, 0.1) is 7.11 Å². The van der Waals surface area contributed by atoms with Crippen molar-refractivity contribution >= 4 is 17.7 Å². The van der Waals surface area contributed by atoms with Crippen molar-refractivity contribution in [3.63, 3.8) is 0 Å². The molecule has 0 aliphatic rings. The maximum atomic E-state index is 11.0. The third-order valence-corrected chi connectivity index (χ3v) is 3.16. The summed E-state index contributed by atoms with van der Waals surface area (Å²) in [6, 6.07) is 3.78. The molecule has 4 nitrogen and oxygen atoms in total. The molecule has 5 heteroatoms. The van der Waals surface area contributed by atoms with Crippen molar-refractivity contribution in [3.05, 3.63) is 23.3 Å². The van der Waals surface area contributed by atoms with Gasteiger partial charge in [-0.05, 0) is 48.4 Å². The highest BCUT2D eigenvalue weighted by molar-refractivity contribution is 8.03. The van der Waals surface area contributed by atoms with E-state index in [1.165, 1.54) is 7.11 Å². The number of ether oxygens (including phenoxy) is 2. The highest BCUT2D eigenvalue weighted by Gasteiger charge is 2.09. The number of aryl methyl sites for hydroxylation is 2. The monoisotopic (exact) mass is 265 g/mol. The van der Waals surface area contributed by atoms with Crippen LogP contribution in [-0.2, 0) is 16.0 Å². The molecule has 0 atom stereocenters. The van der Waals surface area contributed by atoms with Crippen LogP contribution in [0.3, 0.4) is 0 Å². The summed E-state index contributed by atoms with van der Waals surface area (Å²) in [5.41, 5.74) is 1.93. The molecule has 96 valence electrons. The van der Waals surface area contributed by atoms with Gasteiger partial charge >= 0.3 is 5.97 Å². The van der Waals surface area contributed by atoms with E-state index in [1.54, 1.807) is 0 Å². The molecule has 0 saturated heterocycles. The van der Waals surface area contributed by atoms with E-state index >= 15 is 0 Å². The minimum absolute atomic E-state index is 0.106. The lowest BCUT2D eigenvalue weighted by Gasteiger charge is -2.12. The van der Waals surface area contributed by atoms with Crippen molar-refractivity contribution in [3.8, 4) is 11.2 Å². The molecule has 0 radical (unpaired) electrons. The van der Waals surface area contributed by atoms with Crippen LogP contribution in [0, 0.1) is 17.6 Å². The number of methoxy groups -OCH3 is 1. The minimum Gasteiger partial charge on any atom is -0.482 e. The summed E-state index contributed by atoms with van der Waals surface area (Å²) in [7, 11) is 1.32. The summed E-state index contributed by atoms with van der Waals surface area (Å²) >= 11 is 1.14. The lowest BCUT2D eigenvalue weighted by atomic mass is 10.1. The van der Waals surface area contributed by atoms with Gasteiger partial charge in [0, 0.05) is 4.90 Å².